The third-order valence-corrected chi connectivity index (χ3v) is 2.67. The Morgan fingerprint density at radius 1 is 1.44 bits per heavy atom. The number of methoxy groups -OCH3 is 1. The molecular weight excluding hydrogens is 310 g/mol. The van der Waals surface area contributed by atoms with Crippen molar-refractivity contribution in [2.24, 2.45) is 0 Å². The highest BCUT2D eigenvalue weighted by Gasteiger charge is 2.13. The van der Waals surface area contributed by atoms with E-state index in [1.54, 1.807) is 18.2 Å². The molecule has 0 aromatic heterocycles. The Morgan fingerprint density at radius 2 is 2.17 bits per heavy atom. The molecule has 0 saturated heterocycles. The van der Waals surface area contributed by atoms with Gasteiger partial charge in [-0.15, -0.1) is 0 Å². The fourth-order valence-corrected chi connectivity index (χ4v) is 1.73. The molecule has 0 amide bonds. The standard InChI is InChI=1S/C12H13BrF2O3/c1-17-11-3-2-8(13)6-9(11)10(16)4-5-18-7-12(14)15/h2-3,6,12H,4-5,7H2,1H3. The lowest BCUT2D eigenvalue weighted by Gasteiger charge is -2.08. The fourth-order valence-electron chi connectivity index (χ4n) is 1.37. The molecular formula is C12H13BrF2O3. The molecule has 0 N–H and O–H groups in total. The lowest BCUT2D eigenvalue weighted by molar-refractivity contribution is 0.0169. The first-order valence-corrected chi connectivity index (χ1v) is 6.06. The Kier molecular flexibility index (Phi) is 6.21. The van der Waals surface area contributed by atoms with Gasteiger partial charge in [-0.25, -0.2) is 8.78 Å². The second kappa shape index (κ2) is 7.43. The van der Waals surface area contributed by atoms with E-state index in [2.05, 4.69) is 20.7 Å². The van der Waals surface area contributed by atoms with E-state index in [1.165, 1.54) is 7.11 Å². The molecule has 0 aliphatic carbocycles. The van der Waals surface area contributed by atoms with Crippen LogP contribution in [0.25, 0.3) is 0 Å². The van der Waals surface area contributed by atoms with Gasteiger partial charge in [0.2, 0.25) is 0 Å². The summed E-state index contributed by atoms with van der Waals surface area (Å²) >= 11 is 3.26. The van der Waals surface area contributed by atoms with Crippen LogP contribution >= 0.6 is 15.9 Å². The third kappa shape index (κ3) is 4.70. The maximum atomic E-state index is 11.9. The average molecular weight is 323 g/mol. The van der Waals surface area contributed by atoms with E-state index in [-0.39, 0.29) is 18.8 Å². The van der Waals surface area contributed by atoms with Crippen LogP contribution in [0.2, 0.25) is 0 Å². The number of rotatable bonds is 7. The normalized spacial score (nSPS) is 10.7. The van der Waals surface area contributed by atoms with Crippen LogP contribution in [0, 0.1) is 0 Å². The fraction of sp³-hybridized carbons (Fsp3) is 0.417. The lowest BCUT2D eigenvalue weighted by Crippen LogP contribution is -2.10. The first-order valence-electron chi connectivity index (χ1n) is 5.27. The molecule has 1 rings (SSSR count). The SMILES string of the molecule is COc1ccc(Br)cc1C(=O)CCOCC(F)F. The number of Topliss-reactive ketones (excluding diaryl/α,β-unsaturated/α-hetero) is 1. The van der Waals surface area contributed by atoms with E-state index in [1.807, 2.05) is 0 Å². The topological polar surface area (TPSA) is 35.5 Å². The molecule has 0 bridgehead atoms. The van der Waals surface area contributed by atoms with Gasteiger partial charge in [0.15, 0.2) is 5.78 Å². The second-order valence-electron chi connectivity index (χ2n) is 3.48. The van der Waals surface area contributed by atoms with E-state index in [4.69, 9.17) is 4.74 Å². The maximum Gasteiger partial charge on any atom is 0.261 e. The number of halogens is 3. The molecule has 1 aromatic rings. The molecule has 6 heteroatoms. The number of hydrogen-bond acceptors (Lipinski definition) is 3. The molecule has 0 heterocycles. The molecule has 0 aliphatic heterocycles. The van der Waals surface area contributed by atoms with Crippen molar-refractivity contribution in [1.82, 2.24) is 0 Å². The van der Waals surface area contributed by atoms with Crippen LogP contribution in [0.3, 0.4) is 0 Å². The zero-order chi connectivity index (χ0) is 13.5. The van der Waals surface area contributed by atoms with E-state index >= 15 is 0 Å². The number of alkyl halides is 2. The highest BCUT2D eigenvalue weighted by molar-refractivity contribution is 9.10. The smallest absolute Gasteiger partial charge is 0.261 e. The Labute approximate surface area is 112 Å². The van der Waals surface area contributed by atoms with Gasteiger partial charge in [0.1, 0.15) is 12.4 Å². The van der Waals surface area contributed by atoms with Crippen LogP contribution in [0.1, 0.15) is 16.8 Å². The van der Waals surface area contributed by atoms with Gasteiger partial charge in [0.05, 0.1) is 19.3 Å². The van der Waals surface area contributed by atoms with Crippen molar-refractivity contribution < 1.29 is 23.0 Å². The van der Waals surface area contributed by atoms with Crippen molar-refractivity contribution in [1.29, 1.82) is 0 Å². The van der Waals surface area contributed by atoms with Gasteiger partial charge >= 0.3 is 0 Å². The van der Waals surface area contributed by atoms with Crippen LogP contribution in [-0.4, -0.2) is 32.5 Å². The summed E-state index contributed by atoms with van der Waals surface area (Å²) in [4.78, 5) is 11.9. The molecule has 100 valence electrons. The Hall–Kier alpha value is -1.01. The maximum absolute atomic E-state index is 11.9. The summed E-state index contributed by atoms with van der Waals surface area (Å²) in [5.41, 5.74) is 0.410. The van der Waals surface area contributed by atoms with Crippen LogP contribution in [0.4, 0.5) is 8.78 Å². The van der Waals surface area contributed by atoms with Crippen molar-refractivity contribution in [3.05, 3.63) is 28.2 Å². The number of carbonyl (C=O) groups excluding carboxylic acids is 1. The number of carbonyl (C=O) groups is 1. The quantitative estimate of drug-likeness (QED) is 0.570. The van der Waals surface area contributed by atoms with Crippen molar-refractivity contribution in [3.63, 3.8) is 0 Å². The van der Waals surface area contributed by atoms with Gasteiger partial charge in [-0.2, -0.15) is 0 Å². The Bertz CT molecular complexity index is 410. The minimum absolute atomic E-state index is 0.0289. The van der Waals surface area contributed by atoms with Crippen LogP contribution < -0.4 is 4.74 Å². The lowest BCUT2D eigenvalue weighted by atomic mass is 10.1. The van der Waals surface area contributed by atoms with Crippen LogP contribution in [0.15, 0.2) is 22.7 Å². The molecule has 0 radical (unpaired) electrons. The number of benzene rings is 1. The number of ether oxygens (including phenoxy) is 2. The zero-order valence-corrected chi connectivity index (χ0v) is 11.4. The summed E-state index contributed by atoms with van der Waals surface area (Å²) in [6.45, 7) is -0.679. The van der Waals surface area contributed by atoms with Gasteiger partial charge in [-0.1, -0.05) is 15.9 Å². The van der Waals surface area contributed by atoms with E-state index in [9.17, 15) is 13.6 Å². The highest BCUT2D eigenvalue weighted by atomic mass is 79.9. The molecule has 0 saturated carbocycles. The van der Waals surface area contributed by atoms with Gasteiger partial charge < -0.3 is 9.47 Å². The molecule has 18 heavy (non-hydrogen) atoms. The highest BCUT2D eigenvalue weighted by Crippen LogP contribution is 2.24. The van der Waals surface area contributed by atoms with Gasteiger partial charge in [-0.3, -0.25) is 4.79 Å². The Balaban J connectivity index is 2.58. The van der Waals surface area contributed by atoms with Gasteiger partial charge in [0.25, 0.3) is 6.43 Å². The first-order chi connectivity index (χ1) is 8.54. The molecule has 0 fully saturated rings. The van der Waals surface area contributed by atoms with E-state index in [0.717, 1.165) is 4.47 Å². The zero-order valence-electron chi connectivity index (χ0n) is 9.79. The van der Waals surface area contributed by atoms with Gasteiger partial charge in [0, 0.05) is 10.9 Å². The molecule has 3 nitrogen and oxygen atoms in total. The largest absolute Gasteiger partial charge is 0.496 e. The van der Waals surface area contributed by atoms with Crippen molar-refractivity contribution >= 4 is 21.7 Å². The third-order valence-electron chi connectivity index (χ3n) is 2.18. The molecule has 1 aromatic carbocycles. The molecule has 0 spiro atoms. The summed E-state index contributed by atoms with van der Waals surface area (Å²) < 4.78 is 34.1. The summed E-state index contributed by atoms with van der Waals surface area (Å²) in [5, 5.41) is 0. The average Bonchev–Trinajstić information content (AvgIpc) is 2.34. The first kappa shape index (κ1) is 15.0. The summed E-state index contributed by atoms with van der Waals surface area (Å²) in [5.74, 6) is 0.250. The van der Waals surface area contributed by atoms with Gasteiger partial charge in [-0.05, 0) is 18.2 Å². The van der Waals surface area contributed by atoms with Crippen molar-refractivity contribution in [2.45, 2.75) is 12.8 Å². The summed E-state index contributed by atoms with van der Waals surface area (Å²) in [6, 6.07) is 5.05. The van der Waals surface area contributed by atoms with E-state index < -0.39 is 13.0 Å². The van der Waals surface area contributed by atoms with Crippen LogP contribution in [0.5, 0.6) is 5.75 Å². The monoisotopic (exact) mass is 322 g/mol. The summed E-state index contributed by atoms with van der Waals surface area (Å²) in [7, 11) is 1.47. The van der Waals surface area contributed by atoms with Crippen molar-refractivity contribution in [2.75, 3.05) is 20.3 Å². The Morgan fingerprint density at radius 3 is 2.78 bits per heavy atom. The summed E-state index contributed by atoms with van der Waals surface area (Å²) in [6.07, 6.45) is -2.47. The van der Waals surface area contributed by atoms with Crippen LogP contribution in [-0.2, 0) is 4.74 Å². The predicted octanol–water partition coefficient (Wildman–Crippen LogP) is 3.31. The molecule has 0 unspecified atom stereocenters. The number of ketones is 1. The predicted molar refractivity (Wildman–Crippen MR) is 66.5 cm³/mol. The minimum atomic E-state index is -2.51. The second-order valence-corrected chi connectivity index (χ2v) is 4.40. The van der Waals surface area contributed by atoms with E-state index in [0.29, 0.717) is 11.3 Å². The molecule has 0 aliphatic rings. The minimum Gasteiger partial charge on any atom is -0.496 e. The number of hydrogen-bond donors (Lipinski definition) is 0. The molecule has 0 atom stereocenters. The van der Waals surface area contributed by atoms with Crippen molar-refractivity contribution in [3.8, 4) is 5.75 Å².